The van der Waals surface area contributed by atoms with E-state index in [0.29, 0.717) is 6.54 Å². The number of anilines is 1. The predicted molar refractivity (Wildman–Crippen MR) is 128 cm³/mol. The van der Waals surface area contributed by atoms with Gasteiger partial charge >= 0.3 is 0 Å². The standard InChI is InChI=1S/C27H28FN3O2/c1-30(2)17-19-11-13-20(14-12-19)23-8-4-3-7-21(23)16-29-27(33)22-15-26(32)31(18-22)25-10-6-5-9-24(25)28/h3-14,22H,15-18H2,1-2H3,(H,29,33)/t22-/m0/s1. The molecule has 1 heterocycles. The van der Waals surface area contributed by atoms with Gasteiger partial charge < -0.3 is 15.1 Å². The number of hydrogen-bond acceptors (Lipinski definition) is 3. The van der Waals surface area contributed by atoms with Crippen molar-refractivity contribution in [3.05, 3.63) is 89.7 Å². The molecule has 0 spiro atoms. The summed E-state index contributed by atoms with van der Waals surface area (Å²) in [5, 5.41) is 2.98. The zero-order valence-corrected chi connectivity index (χ0v) is 18.9. The number of carbonyl (C=O) groups excluding carboxylic acids is 2. The van der Waals surface area contributed by atoms with Crippen molar-refractivity contribution in [2.24, 2.45) is 5.92 Å². The number of hydrogen-bond donors (Lipinski definition) is 1. The fraction of sp³-hybridized carbons (Fsp3) is 0.259. The van der Waals surface area contributed by atoms with E-state index in [-0.39, 0.29) is 30.5 Å². The van der Waals surface area contributed by atoms with Gasteiger partial charge in [-0.25, -0.2) is 4.39 Å². The molecule has 33 heavy (non-hydrogen) atoms. The molecular weight excluding hydrogens is 417 g/mol. The average molecular weight is 446 g/mol. The summed E-state index contributed by atoms with van der Waals surface area (Å²) >= 11 is 0. The summed E-state index contributed by atoms with van der Waals surface area (Å²) in [5.74, 6) is -1.40. The van der Waals surface area contributed by atoms with Crippen LogP contribution in [0, 0.1) is 11.7 Å². The molecule has 1 aliphatic heterocycles. The van der Waals surface area contributed by atoms with E-state index in [2.05, 4.69) is 34.5 Å². The number of para-hydroxylation sites is 1. The second kappa shape index (κ2) is 9.96. The van der Waals surface area contributed by atoms with Crippen LogP contribution in [0.25, 0.3) is 11.1 Å². The van der Waals surface area contributed by atoms with Gasteiger partial charge in [0.05, 0.1) is 11.6 Å². The maximum atomic E-state index is 14.1. The number of carbonyl (C=O) groups is 2. The highest BCUT2D eigenvalue weighted by atomic mass is 19.1. The summed E-state index contributed by atoms with van der Waals surface area (Å²) in [6.07, 6.45) is 0.0785. The van der Waals surface area contributed by atoms with Gasteiger partial charge in [0.1, 0.15) is 5.82 Å². The summed E-state index contributed by atoms with van der Waals surface area (Å²) in [5.41, 5.74) is 4.61. The fourth-order valence-electron chi connectivity index (χ4n) is 4.22. The van der Waals surface area contributed by atoms with E-state index in [1.54, 1.807) is 18.2 Å². The molecule has 4 rings (SSSR count). The Morgan fingerprint density at radius 1 is 1.03 bits per heavy atom. The molecule has 0 radical (unpaired) electrons. The zero-order valence-electron chi connectivity index (χ0n) is 18.9. The first-order valence-corrected chi connectivity index (χ1v) is 11.1. The van der Waals surface area contributed by atoms with Crippen LogP contribution >= 0.6 is 0 Å². The van der Waals surface area contributed by atoms with Gasteiger partial charge in [-0.1, -0.05) is 60.7 Å². The number of nitrogens with zero attached hydrogens (tertiary/aromatic N) is 2. The topological polar surface area (TPSA) is 52.7 Å². The van der Waals surface area contributed by atoms with Gasteiger partial charge in [0.15, 0.2) is 0 Å². The Balaban J connectivity index is 1.42. The molecule has 2 amide bonds. The number of nitrogens with one attached hydrogen (secondary N) is 1. The first-order valence-electron chi connectivity index (χ1n) is 11.1. The molecule has 1 atom stereocenters. The third-order valence-corrected chi connectivity index (χ3v) is 5.87. The average Bonchev–Trinajstić information content (AvgIpc) is 3.19. The second-order valence-electron chi connectivity index (χ2n) is 8.67. The number of benzene rings is 3. The van der Waals surface area contributed by atoms with E-state index in [0.717, 1.165) is 23.2 Å². The molecule has 6 heteroatoms. The molecule has 1 saturated heterocycles. The quantitative estimate of drug-likeness (QED) is 0.592. The van der Waals surface area contributed by atoms with Gasteiger partial charge in [0.25, 0.3) is 0 Å². The molecular formula is C27H28FN3O2. The zero-order chi connectivity index (χ0) is 23.4. The van der Waals surface area contributed by atoms with Gasteiger partial charge in [-0.3, -0.25) is 9.59 Å². The third kappa shape index (κ3) is 5.29. The fourth-order valence-corrected chi connectivity index (χ4v) is 4.22. The Morgan fingerprint density at radius 2 is 1.73 bits per heavy atom. The first-order chi connectivity index (χ1) is 15.9. The molecule has 0 unspecified atom stereocenters. The molecule has 170 valence electrons. The summed E-state index contributed by atoms with van der Waals surface area (Å²) in [6, 6.07) is 22.5. The second-order valence-corrected chi connectivity index (χ2v) is 8.67. The summed E-state index contributed by atoms with van der Waals surface area (Å²) in [6.45, 7) is 1.42. The highest BCUT2D eigenvalue weighted by Crippen LogP contribution is 2.28. The molecule has 1 N–H and O–H groups in total. The molecule has 0 aromatic heterocycles. The van der Waals surface area contributed by atoms with E-state index >= 15 is 0 Å². The van der Waals surface area contributed by atoms with Crippen molar-refractivity contribution in [3.63, 3.8) is 0 Å². The lowest BCUT2D eigenvalue weighted by molar-refractivity contribution is -0.126. The number of amides is 2. The van der Waals surface area contributed by atoms with E-state index in [9.17, 15) is 14.0 Å². The van der Waals surface area contributed by atoms with Crippen LogP contribution in [0.3, 0.4) is 0 Å². The largest absolute Gasteiger partial charge is 0.352 e. The lowest BCUT2D eigenvalue weighted by Crippen LogP contribution is -2.33. The molecule has 1 aliphatic rings. The van der Waals surface area contributed by atoms with Crippen molar-refractivity contribution in [2.75, 3.05) is 25.5 Å². The molecule has 1 fully saturated rings. The number of halogens is 1. The van der Waals surface area contributed by atoms with Crippen LogP contribution in [-0.4, -0.2) is 37.4 Å². The minimum Gasteiger partial charge on any atom is -0.352 e. The molecule has 0 aliphatic carbocycles. The maximum Gasteiger partial charge on any atom is 0.227 e. The van der Waals surface area contributed by atoms with Crippen LogP contribution in [0.2, 0.25) is 0 Å². The predicted octanol–water partition coefficient (Wildman–Crippen LogP) is 4.22. The van der Waals surface area contributed by atoms with Crippen molar-refractivity contribution < 1.29 is 14.0 Å². The van der Waals surface area contributed by atoms with Crippen LogP contribution in [0.4, 0.5) is 10.1 Å². The van der Waals surface area contributed by atoms with Crippen molar-refractivity contribution in [1.29, 1.82) is 0 Å². The SMILES string of the molecule is CN(C)Cc1ccc(-c2ccccc2CNC(=O)[C@H]2CC(=O)N(c3ccccc3F)C2)cc1. The van der Waals surface area contributed by atoms with Crippen LogP contribution in [-0.2, 0) is 22.7 Å². The Kier molecular flexibility index (Phi) is 6.84. The molecule has 3 aromatic carbocycles. The van der Waals surface area contributed by atoms with Crippen LogP contribution in [0.1, 0.15) is 17.5 Å². The first kappa shape index (κ1) is 22.7. The van der Waals surface area contributed by atoms with E-state index in [1.807, 2.05) is 38.4 Å². The molecule has 3 aromatic rings. The van der Waals surface area contributed by atoms with Crippen molar-refractivity contribution in [3.8, 4) is 11.1 Å². The summed E-state index contributed by atoms with van der Waals surface area (Å²) in [4.78, 5) is 28.7. The Labute approximate surface area is 193 Å². The lowest BCUT2D eigenvalue weighted by Gasteiger charge is -2.17. The van der Waals surface area contributed by atoms with Crippen LogP contribution < -0.4 is 10.2 Å². The van der Waals surface area contributed by atoms with E-state index in [1.165, 1.54) is 16.5 Å². The van der Waals surface area contributed by atoms with E-state index < -0.39 is 11.7 Å². The van der Waals surface area contributed by atoms with Gasteiger partial charge in [-0.2, -0.15) is 0 Å². The monoisotopic (exact) mass is 445 g/mol. The smallest absolute Gasteiger partial charge is 0.227 e. The lowest BCUT2D eigenvalue weighted by atomic mass is 9.98. The summed E-state index contributed by atoms with van der Waals surface area (Å²) < 4.78 is 14.1. The normalized spacial score (nSPS) is 15.8. The van der Waals surface area contributed by atoms with Gasteiger partial charge in [-0.15, -0.1) is 0 Å². The number of rotatable bonds is 7. The van der Waals surface area contributed by atoms with Gasteiger partial charge in [-0.05, 0) is 48.5 Å². The highest BCUT2D eigenvalue weighted by molar-refractivity contribution is 6.00. The highest BCUT2D eigenvalue weighted by Gasteiger charge is 2.36. The minimum atomic E-state index is -0.505. The Morgan fingerprint density at radius 3 is 2.45 bits per heavy atom. The van der Waals surface area contributed by atoms with Crippen LogP contribution in [0.5, 0.6) is 0 Å². The van der Waals surface area contributed by atoms with Gasteiger partial charge in [0, 0.05) is 26.1 Å². The molecule has 0 bridgehead atoms. The maximum absolute atomic E-state index is 14.1. The minimum absolute atomic E-state index is 0.0785. The van der Waals surface area contributed by atoms with Crippen molar-refractivity contribution in [1.82, 2.24) is 10.2 Å². The van der Waals surface area contributed by atoms with Crippen molar-refractivity contribution in [2.45, 2.75) is 19.5 Å². The Bertz CT molecular complexity index is 1140. The van der Waals surface area contributed by atoms with E-state index in [4.69, 9.17) is 0 Å². The van der Waals surface area contributed by atoms with Crippen molar-refractivity contribution >= 4 is 17.5 Å². The molecule has 0 saturated carbocycles. The Hall–Kier alpha value is -3.51. The molecule has 5 nitrogen and oxygen atoms in total. The third-order valence-electron chi connectivity index (χ3n) is 5.87. The van der Waals surface area contributed by atoms with Gasteiger partial charge in [0.2, 0.25) is 11.8 Å². The van der Waals surface area contributed by atoms with Crippen LogP contribution in [0.15, 0.2) is 72.8 Å². The summed E-state index contributed by atoms with van der Waals surface area (Å²) in [7, 11) is 4.08.